The second kappa shape index (κ2) is 8.79. The summed E-state index contributed by atoms with van der Waals surface area (Å²) in [7, 11) is 1.59. The number of carbonyl (C=O) groups is 2. The largest absolute Gasteiger partial charge is 0.496 e. The van der Waals surface area contributed by atoms with Crippen LogP contribution in [0.25, 0.3) is 0 Å². The van der Waals surface area contributed by atoms with Gasteiger partial charge in [-0.3, -0.25) is 4.79 Å². The number of fused-ring (bicyclic) bond motifs is 1. The highest BCUT2D eigenvalue weighted by Crippen LogP contribution is 2.48. The number of anilines is 1. The minimum Gasteiger partial charge on any atom is -0.496 e. The second-order valence-corrected chi connectivity index (χ2v) is 10.3. The molecule has 2 aromatic heterocycles. The highest BCUT2D eigenvalue weighted by molar-refractivity contribution is 7.17. The number of amides is 1. The Morgan fingerprint density at radius 2 is 1.97 bits per heavy atom. The lowest BCUT2D eigenvalue weighted by Gasteiger charge is -2.19. The number of para-hydroxylation sites is 1. The average molecular weight is 521 g/mol. The van der Waals surface area contributed by atoms with Gasteiger partial charge in [0.25, 0.3) is 5.91 Å². The molecular weight excluding hydrogens is 499 g/mol. The summed E-state index contributed by atoms with van der Waals surface area (Å²) in [5, 5.41) is 14.0. The first kappa shape index (κ1) is 23.0. The summed E-state index contributed by atoms with van der Waals surface area (Å²) in [6, 6.07) is 7.57. The summed E-state index contributed by atoms with van der Waals surface area (Å²) in [5.41, 5.74) is 2.34. The second-order valence-electron chi connectivity index (χ2n) is 8.55. The van der Waals surface area contributed by atoms with Crippen LogP contribution >= 0.6 is 34.5 Å². The number of halogens is 2. The molecule has 1 aromatic carbocycles. The van der Waals surface area contributed by atoms with Crippen molar-refractivity contribution in [2.75, 3.05) is 25.1 Å². The van der Waals surface area contributed by atoms with Gasteiger partial charge in [0, 0.05) is 48.6 Å². The Bertz CT molecular complexity index is 1280. The number of ether oxygens (including phenoxy) is 1. The van der Waals surface area contributed by atoms with Crippen molar-refractivity contribution in [2.45, 2.75) is 19.4 Å². The summed E-state index contributed by atoms with van der Waals surface area (Å²) in [6.45, 7) is 3.17. The number of H-pyrrole nitrogens is 1. The molecule has 0 bridgehead atoms. The van der Waals surface area contributed by atoms with E-state index in [1.807, 2.05) is 24.3 Å². The molecule has 2 aliphatic rings. The third-order valence-electron chi connectivity index (χ3n) is 6.47. The number of piperidine rings is 1. The molecule has 3 heterocycles. The number of rotatable bonds is 7. The molecule has 178 valence electrons. The lowest BCUT2D eigenvalue weighted by molar-refractivity contribution is 0.0700. The molecule has 0 spiro atoms. The number of aromatic carboxylic acids is 1. The Balaban J connectivity index is 1.26. The molecule has 1 aliphatic heterocycles. The van der Waals surface area contributed by atoms with Crippen LogP contribution in [0.15, 0.2) is 24.3 Å². The number of thiazole rings is 1. The predicted octanol–water partition coefficient (Wildman–Crippen LogP) is 4.25. The van der Waals surface area contributed by atoms with Crippen molar-refractivity contribution in [3.05, 3.63) is 61.8 Å². The Kier molecular flexibility index (Phi) is 5.95. The summed E-state index contributed by atoms with van der Waals surface area (Å²) in [5.74, 6) is 0.00799. The molecular formula is C23H22Cl2N4O4S. The van der Waals surface area contributed by atoms with Crippen LogP contribution < -0.4 is 15.0 Å². The van der Waals surface area contributed by atoms with Crippen LogP contribution in [0.2, 0.25) is 10.0 Å². The molecule has 1 saturated heterocycles. The lowest BCUT2D eigenvalue weighted by atomic mass is 10.1. The van der Waals surface area contributed by atoms with Crippen LogP contribution in [0.3, 0.4) is 0 Å². The molecule has 1 aliphatic carbocycles. The standard InChI is InChI=1S/C23H22Cl2N4O4S/c1-10-16(24)17(25)19(26-10)21(30)28-18-12-8-29(9-13(12)18)23-27-14(20(34-23)22(31)32)7-11-5-3-4-6-15(11)33-2/h3-6,12-13,18,26H,7-9H2,1-2H3,(H,28,30)(H,31,32)/t12-,13+,18+. The Morgan fingerprint density at radius 3 is 2.59 bits per heavy atom. The van der Waals surface area contributed by atoms with E-state index in [0.717, 1.165) is 5.56 Å². The number of carboxylic acid groups (broad SMARTS) is 1. The van der Waals surface area contributed by atoms with E-state index in [1.54, 1.807) is 14.0 Å². The van der Waals surface area contributed by atoms with Gasteiger partial charge in [0.2, 0.25) is 0 Å². The number of aromatic nitrogens is 2. The van der Waals surface area contributed by atoms with Gasteiger partial charge in [0.1, 0.15) is 16.3 Å². The van der Waals surface area contributed by atoms with Crippen LogP contribution in [0, 0.1) is 18.8 Å². The van der Waals surface area contributed by atoms with Crippen LogP contribution in [0.5, 0.6) is 5.75 Å². The highest BCUT2D eigenvalue weighted by Gasteiger charge is 2.57. The summed E-state index contributed by atoms with van der Waals surface area (Å²) in [4.78, 5) is 34.5. The van der Waals surface area contributed by atoms with E-state index in [4.69, 9.17) is 27.9 Å². The minimum absolute atomic E-state index is 0.0501. The van der Waals surface area contributed by atoms with E-state index >= 15 is 0 Å². The van der Waals surface area contributed by atoms with E-state index in [-0.39, 0.29) is 39.4 Å². The van der Waals surface area contributed by atoms with Gasteiger partial charge >= 0.3 is 5.97 Å². The zero-order valence-corrected chi connectivity index (χ0v) is 20.7. The highest BCUT2D eigenvalue weighted by atomic mass is 35.5. The Morgan fingerprint density at radius 1 is 1.26 bits per heavy atom. The fourth-order valence-corrected chi connectivity index (χ4v) is 6.00. The van der Waals surface area contributed by atoms with Gasteiger partial charge in [-0.15, -0.1) is 0 Å². The summed E-state index contributed by atoms with van der Waals surface area (Å²) >= 11 is 13.4. The van der Waals surface area contributed by atoms with Crippen molar-refractivity contribution >= 4 is 51.5 Å². The van der Waals surface area contributed by atoms with Gasteiger partial charge in [-0.1, -0.05) is 52.7 Å². The van der Waals surface area contributed by atoms with E-state index in [9.17, 15) is 14.7 Å². The van der Waals surface area contributed by atoms with Gasteiger partial charge in [0.15, 0.2) is 5.13 Å². The monoisotopic (exact) mass is 520 g/mol. The number of carbonyl (C=O) groups excluding carboxylic acids is 1. The van der Waals surface area contributed by atoms with E-state index < -0.39 is 5.97 Å². The summed E-state index contributed by atoms with van der Waals surface area (Å²) < 4.78 is 5.40. The average Bonchev–Trinajstić information content (AvgIpc) is 3.19. The van der Waals surface area contributed by atoms with Gasteiger partial charge in [-0.05, 0) is 13.0 Å². The van der Waals surface area contributed by atoms with Crippen molar-refractivity contribution in [1.29, 1.82) is 0 Å². The molecule has 34 heavy (non-hydrogen) atoms. The van der Waals surface area contributed by atoms with E-state index in [0.29, 0.717) is 46.8 Å². The Hall–Kier alpha value is -2.75. The minimum atomic E-state index is -0.986. The zero-order chi connectivity index (χ0) is 24.1. The zero-order valence-electron chi connectivity index (χ0n) is 18.4. The van der Waals surface area contributed by atoms with Crippen molar-refractivity contribution in [1.82, 2.24) is 15.3 Å². The third-order valence-corrected chi connectivity index (χ3v) is 8.57. The fraction of sp³-hybridized carbons (Fsp3) is 0.348. The molecule has 0 unspecified atom stereocenters. The number of aryl methyl sites for hydroxylation is 1. The SMILES string of the molecule is COc1ccccc1Cc1nc(N2C[C@@H]3[C@H](C2)[C@H]3NC(=O)c2[nH]c(C)c(Cl)c2Cl)sc1C(=O)O. The quantitative estimate of drug-likeness (QED) is 0.429. The molecule has 3 N–H and O–H groups in total. The number of hydrogen-bond donors (Lipinski definition) is 3. The van der Waals surface area contributed by atoms with Crippen LogP contribution in [-0.4, -0.2) is 53.2 Å². The smallest absolute Gasteiger partial charge is 0.347 e. The maximum atomic E-state index is 12.6. The van der Waals surface area contributed by atoms with Crippen LogP contribution in [0.4, 0.5) is 5.13 Å². The molecule has 0 radical (unpaired) electrons. The molecule has 5 rings (SSSR count). The molecule has 1 amide bonds. The molecule has 11 heteroatoms. The number of carboxylic acids is 1. The van der Waals surface area contributed by atoms with Crippen molar-refractivity contribution in [3.8, 4) is 5.75 Å². The van der Waals surface area contributed by atoms with Crippen molar-refractivity contribution in [2.24, 2.45) is 11.8 Å². The van der Waals surface area contributed by atoms with Crippen molar-refractivity contribution in [3.63, 3.8) is 0 Å². The number of nitrogens with one attached hydrogen (secondary N) is 2. The van der Waals surface area contributed by atoms with Gasteiger partial charge in [-0.25, -0.2) is 9.78 Å². The first-order chi connectivity index (χ1) is 16.3. The van der Waals surface area contributed by atoms with E-state index in [1.165, 1.54) is 11.3 Å². The molecule has 3 aromatic rings. The fourth-order valence-electron chi connectivity index (χ4n) is 4.64. The van der Waals surface area contributed by atoms with Crippen LogP contribution in [-0.2, 0) is 6.42 Å². The maximum Gasteiger partial charge on any atom is 0.347 e. The lowest BCUT2D eigenvalue weighted by Crippen LogP contribution is -2.34. The number of nitrogens with zero attached hydrogens (tertiary/aromatic N) is 2. The number of aromatic amines is 1. The first-order valence-electron chi connectivity index (χ1n) is 10.7. The van der Waals surface area contributed by atoms with Crippen LogP contribution in [0.1, 0.15) is 37.1 Å². The van der Waals surface area contributed by atoms with Gasteiger partial charge in [0.05, 0.1) is 22.8 Å². The maximum absolute atomic E-state index is 12.6. The number of benzene rings is 1. The Labute approximate surface area is 209 Å². The molecule has 8 nitrogen and oxygen atoms in total. The normalized spacial score (nSPS) is 20.8. The third kappa shape index (κ3) is 4.01. The van der Waals surface area contributed by atoms with Gasteiger partial charge < -0.3 is 25.0 Å². The summed E-state index contributed by atoms with van der Waals surface area (Å²) in [6.07, 6.45) is 0.375. The van der Waals surface area contributed by atoms with E-state index in [2.05, 4.69) is 20.2 Å². The number of hydrogen-bond acceptors (Lipinski definition) is 6. The van der Waals surface area contributed by atoms with Gasteiger partial charge in [-0.2, -0.15) is 0 Å². The molecule has 1 saturated carbocycles. The topological polar surface area (TPSA) is 108 Å². The molecule has 2 fully saturated rings. The predicted molar refractivity (Wildman–Crippen MR) is 131 cm³/mol. The first-order valence-corrected chi connectivity index (χ1v) is 12.3. The number of methoxy groups -OCH3 is 1. The molecule has 3 atom stereocenters. The van der Waals surface area contributed by atoms with Crippen molar-refractivity contribution < 1.29 is 19.4 Å².